The van der Waals surface area contributed by atoms with E-state index < -0.39 is 0 Å². The maximum Gasteiger partial charge on any atom is 0.239 e. The van der Waals surface area contributed by atoms with E-state index in [1.807, 2.05) is 55.6 Å². The van der Waals surface area contributed by atoms with Gasteiger partial charge in [-0.25, -0.2) is 0 Å². The van der Waals surface area contributed by atoms with Crippen molar-refractivity contribution >= 4 is 23.2 Å². The van der Waals surface area contributed by atoms with E-state index in [4.69, 9.17) is 9.47 Å². The molecule has 0 saturated carbocycles. The van der Waals surface area contributed by atoms with Crippen LogP contribution in [0.2, 0.25) is 0 Å². The number of hydrogen-bond donors (Lipinski definition) is 1. The number of carbonyl (C=O) groups excluding carboxylic acids is 2. The molecule has 0 aliphatic carbocycles. The molecular formula is C20H26N2O4S. The number of amides is 2. The number of likely N-dealkylation sites (N-methyl/N-ethyl adjacent to an activating group) is 1. The Kier molecular flexibility index (Phi) is 8.64. The van der Waals surface area contributed by atoms with E-state index in [1.54, 1.807) is 11.3 Å². The Hall–Kier alpha value is -2.54. The molecule has 0 bridgehead atoms. The lowest BCUT2D eigenvalue weighted by molar-refractivity contribution is -0.136. The van der Waals surface area contributed by atoms with Crippen LogP contribution in [0.5, 0.6) is 11.5 Å². The van der Waals surface area contributed by atoms with Crippen LogP contribution in [0.3, 0.4) is 0 Å². The Balaban J connectivity index is 1.71. The highest BCUT2D eigenvalue weighted by molar-refractivity contribution is 7.09. The van der Waals surface area contributed by atoms with Crippen molar-refractivity contribution in [2.75, 3.05) is 26.3 Å². The topological polar surface area (TPSA) is 67.9 Å². The summed E-state index contributed by atoms with van der Waals surface area (Å²) in [6.45, 7) is 5.69. The molecule has 0 spiro atoms. The third kappa shape index (κ3) is 7.30. The van der Waals surface area contributed by atoms with Crippen molar-refractivity contribution in [3.63, 3.8) is 0 Å². The first-order valence-electron chi connectivity index (χ1n) is 9.04. The number of nitrogens with zero attached hydrogens (tertiary/aromatic N) is 1. The van der Waals surface area contributed by atoms with Gasteiger partial charge >= 0.3 is 0 Å². The minimum atomic E-state index is -0.161. The molecule has 7 heteroatoms. The monoisotopic (exact) mass is 390 g/mol. The molecule has 2 aromatic rings. The van der Waals surface area contributed by atoms with Gasteiger partial charge in [0.2, 0.25) is 11.8 Å². The molecule has 2 amide bonds. The molecular weight excluding hydrogens is 364 g/mol. The van der Waals surface area contributed by atoms with Gasteiger partial charge in [-0.15, -0.1) is 11.3 Å². The van der Waals surface area contributed by atoms with Crippen LogP contribution in [-0.4, -0.2) is 43.0 Å². The van der Waals surface area contributed by atoms with Gasteiger partial charge in [-0.05, 0) is 49.6 Å². The van der Waals surface area contributed by atoms with Gasteiger partial charge < -0.3 is 19.7 Å². The highest BCUT2D eigenvalue weighted by Crippen LogP contribution is 2.17. The lowest BCUT2D eigenvalue weighted by atomic mass is 10.3. The zero-order valence-electron chi connectivity index (χ0n) is 15.8. The van der Waals surface area contributed by atoms with Crippen LogP contribution in [0.15, 0.2) is 41.8 Å². The summed E-state index contributed by atoms with van der Waals surface area (Å²) in [5, 5.41) is 4.80. The lowest BCUT2D eigenvalue weighted by Gasteiger charge is -2.20. The number of ether oxygens (including phenoxy) is 2. The van der Waals surface area contributed by atoms with Crippen LogP contribution in [0, 0.1) is 0 Å². The summed E-state index contributed by atoms with van der Waals surface area (Å²) in [5.74, 6) is 1.20. The molecule has 0 saturated heterocycles. The summed E-state index contributed by atoms with van der Waals surface area (Å²) in [4.78, 5) is 27.0. The molecule has 1 N–H and O–H groups in total. The van der Waals surface area contributed by atoms with Gasteiger partial charge in [0.1, 0.15) is 11.5 Å². The van der Waals surface area contributed by atoms with E-state index in [0.717, 1.165) is 10.6 Å². The van der Waals surface area contributed by atoms with E-state index in [-0.39, 0.29) is 31.4 Å². The Labute approximate surface area is 164 Å². The molecule has 0 unspecified atom stereocenters. The maximum atomic E-state index is 12.3. The standard InChI is InChI=1S/C20H26N2O4S/c1-3-22(15-19(23)21-14-18-6-5-13-27-18)20(24)11-12-26-17-9-7-16(8-10-17)25-4-2/h5-10,13H,3-4,11-12,14-15H2,1-2H3,(H,21,23). The predicted octanol–water partition coefficient (Wildman–Crippen LogP) is 3.08. The van der Waals surface area contributed by atoms with Crippen LogP contribution in [0.4, 0.5) is 0 Å². The Morgan fingerprint density at radius 1 is 1.07 bits per heavy atom. The summed E-state index contributed by atoms with van der Waals surface area (Å²) >= 11 is 1.59. The van der Waals surface area contributed by atoms with Crippen LogP contribution in [0.1, 0.15) is 25.1 Å². The first-order chi connectivity index (χ1) is 13.1. The van der Waals surface area contributed by atoms with Crippen molar-refractivity contribution in [1.29, 1.82) is 0 Å². The molecule has 0 aliphatic rings. The Bertz CT molecular complexity index is 701. The molecule has 1 aromatic heterocycles. The fraction of sp³-hybridized carbons (Fsp3) is 0.400. The first kappa shape index (κ1) is 20.8. The molecule has 1 aromatic carbocycles. The van der Waals surface area contributed by atoms with Gasteiger partial charge in [0.15, 0.2) is 0 Å². The van der Waals surface area contributed by atoms with Crippen LogP contribution >= 0.6 is 11.3 Å². The normalized spacial score (nSPS) is 10.3. The van der Waals surface area contributed by atoms with Crippen molar-refractivity contribution in [2.24, 2.45) is 0 Å². The smallest absolute Gasteiger partial charge is 0.239 e. The number of nitrogens with one attached hydrogen (secondary N) is 1. The second kappa shape index (κ2) is 11.2. The molecule has 6 nitrogen and oxygen atoms in total. The van der Waals surface area contributed by atoms with E-state index in [9.17, 15) is 9.59 Å². The molecule has 2 rings (SSSR count). The average Bonchev–Trinajstić information content (AvgIpc) is 3.19. The predicted molar refractivity (Wildman–Crippen MR) is 106 cm³/mol. The number of carbonyl (C=O) groups is 2. The molecule has 1 heterocycles. The van der Waals surface area contributed by atoms with Gasteiger partial charge in [-0.2, -0.15) is 0 Å². The third-order valence-corrected chi connectivity index (χ3v) is 4.70. The fourth-order valence-corrected chi connectivity index (χ4v) is 3.06. The zero-order valence-corrected chi connectivity index (χ0v) is 16.6. The van der Waals surface area contributed by atoms with Crippen LogP contribution < -0.4 is 14.8 Å². The summed E-state index contributed by atoms with van der Waals surface area (Å²) < 4.78 is 11.0. The van der Waals surface area contributed by atoms with E-state index in [2.05, 4.69) is 5.32 Å². The molecule has 27 heavy (non-hydrogen) atoms. The Morgan fingerprint density at radius 3 is 2.37 bits per heavy atom. The van der Waals surface area contributed by atoms with Crippen LogP contribution in [0.25, 0.3) is 0 Å². The second-order valence-electron chi connectivity index (χ2n) is 5.77. The van der Waals surface area contributed by atoms with Gasteiger partial charge in [-0.1, -0.05) is 6.07 Å². The van der Waals surface area contributed by atoms with Gasteiger partial charge in [-0.3, -0.25) is 9.59 Å². The SMILES string of the molecule is CCOc1ccc(OCCC(=O)N(CC)CC(=O)NCc2cccs2)cc1. The van der Waals surface area contributed by atoms with Crippen molar-refractivity contribution in [3.8, 4) is 11.5 Å². The highest BCUT2D eigenvalue weighted by atomic mass is 32.1. The number of benzene rings is 1. The maximum absolute atomic E-state index is 12.3. The quantitative estimate of drug-likeness (QED) is 0.640. The summed E-state index contributed by atoms with van der Waals surface area (Å²) in [6.07, 6.45) is 0.221. The van der Waals surface area contributed by atoms with Gasteiger partial charge in [0.25, 0.3) is 0 Å². The van der Waals surface area contributed by atoms with E-state index in [1.165, 1.54) is 4.90 Å². The molecule has 0 aliphatic heterocycles. The number of hydrogen-bond acceptors (Lipinski definition) is 5. The highest BCUT2D eigenvalue weighted by Gasteiger charge is 2.15. The number of rotatable bonds is 11. The van der Waals surface area contributed by atoms with Gasteiger partial charge in [0.05, 0.1) is 32.7 Å². The summed E-state index contributed by atoms with van der Waals surface area (Å²) in [5.41, 5.74) is 0. The minimum absolute atomic E-state index is 0.0593. The van der Waals surface area contributed by atoms with E-state index >= 15 is 0 Å². The van der Waals surface area contributed by atoms with E-state index in [0.29, 0.717) is 25.4 Å². The average molecular weight is 391 g/mol. The molecule has 146 valence electrons. The number of thiophene rings is 1. The molecule has 0 atom stereocenters. The largest absolute Gasteiger partial charge is 0.494 e. The van der Waals surface area contributed by atoms with Crippen molar-refractivity contribution in [2.45, 2.75) is 26.8 Å². The van der Waals surface area contributed by atoms with Crippen molar-refractivity contribution < 1.29 is 19.1 Å². The second-order valence-corrected chi connectivity index (χ2v) is 6.80. The molecule has 0 fully saturated rings. The van der Waals surface area contributed by atoms with Crippen molar-refractivity contribution in [3.05, 3.63) is 46.7 Å². The third-order valence-electron chi connectivity index (χ3n) is 3.83. The minimum Gasteiger partial charge on any atom is -0.494 e. The zero-order chi connectivity index (χ0) is 19.5. The summed E-state index contributed by atoms with van der Waals surface area (Å²) in [6, 6.07) is 11.2. The van der Waals surface area contributed by atoms with Gasteiger partial charge in [0, 0.05) is 11.4 Å². The summed E-state index contributed by atoms with van der Waals surface area (Å²) in [7, 11) is 0. The van der Waals surface area contributed by atoms with Crippen LogP contribution in [-0.2, 0) is 16.1 Å². The Morgan fingerprint density at radius 2 is 1.78 bits per heavy atom. The molecule has 0 radical (unpaired) electrons. The first-order valence-corrected chi connectivity index (χ1v) is 9.92. The lowest BCUT2D eigenvalue weighted by Crippen LogP contribution is -2.40. The van der Waals surface area contributed by atoms with Crippen molar-refractivity contribution in [1.82, 2.24) is 10.2 Å². The fourth-order valence-electron chi connectivity index (χ4n) is 2.42.